The maximum atomic E-state index is 11.3. The van der Waals surface area contributed by atoms with Crippen LogP contribution in [0.25, 0.3) is 5.69 Å². The number of ether oxygens (including phenoxy) is 1. The Labute approximate surface area is 108 Å². The summed E-state index contributed by atoms with van der Waals surface area (Å²) in [4.78, 5) is 22.3. The van der Waals surface area contributed by atoms with Crippen LogP contribution in [0.3, 0.4) is 0 Å². The molecule has 0 saturated heterocycles. The monoisotopic (exact) mass is 260 g/mol. The van der Waals surface area contributed by atoms with Crippen LogP contribution in [0.15, 0.2) is 30.6 Å². The van der Waals surface area contributed by atoms with Gasteiger partial charge in [0.2, 0.25) is 0 Å². The predicted molar refractivity (Wildman–Crippen MR) is 67.8 cm³/mol. The number of primary amides is 1. The van der Waals surface area contributed by atoms with Crippen LogP contribution in [0.5, 0.6) is 0 Å². The fourth-order valence-electron chi connectivity index (χ4n) is 1.59. The summed E-state index contributed by atoms with van der Waals surface area (Å²) in [5.41, 5.74) is 12.5. The first-order valence-corrected chi connectivity index (χ1v) is 5.35. The van der Waals surface area contributed by atoms with Gasteiger partial charge in [-0.15, -0.1) is 0 Å². The summed E-state index contributed by atoms with van der Waals surface area (Å²) in [5.74, 6) is -1.05. The molecule has 0 spiro atoms. The summed E-state index contributed by atoms with van der Waals surface area (Å²) in [7, 11) is 1.29. The van der Waals surface area contributed by atoms with Gasteiger partial charge in [-0.05, 0) is 18.2 Å². The number of methoxy groups -OCH3 is 1. The van der Waals surface area contributed by atoms with Crippen molar-refractivity contribution >= 4 is 17.6 Å². The Bertz CT molecular complexity index is 648. The van der Waals surface area contributed by atoms with Gasteiger partial charge in [0.15, 0.2) is 0 Å². The first kappa shape index (κ1) is 12.6. The largest absolute Gasteiger partial charge is 0.465 e. The molecule has 2 rings (SSSR count). The van der Waals surface area contributed by atoms with Gasteiger partial charge in [-0.25, -0.2) is 9.48 Å². The van der Waals surface area contributed by atoms with Gasteiger partial charge in [0, 0.05) is 6.20 Å². The lowest BCUT2D eigenvalue weighted by atomic mass is 10.2. The highest BCUT2D eigenvalue weighted by Gasteiger charge is 2.11. The molecule has 7 heteroatoms. The minimum absolute atomic E-state index is 0.274. The quantitative estimate of drug-likeness (QED) is 0.610. The maximum absolute atomic E-state index is 11.3. The Morgan fingerprint density at radius 2 is 2.05 bits per heavy atom. The summed E-state index contributed by atoms with van der Waals surface area (Å²) in [5, 5.41) is 3.98. The molecule has 0 unspecified atom stereocenters. The van der Waals surface area contributed by atoms with Gasteiger partial charge in [-0.1, -0.05) is 0 Å². The van der Waals surface area contributed by atoms with Gasteiger partial charge < -0.3 is 16.2 Å². The number of rotatable bonds is 3. The molecule has 0 bridgehead atoms. The minimum Gasteiger partial charge on any atom is -0.465 e. The van der Waals surface area contributed by atoms with E-state index in [1.165, 1.54) is 30.3 Å². The topological polar surface area (TPSA) is 113 Å². The fraction of sp³-hybridized carbons (Fsp3) is 0.0833. The molecule has 0 aliphatic carbocycles. The van der Waals surface area contributed by atoms with Crippen LogP contribution in [-0.4, -0.2) is 28.8 Å². The van der Waals surface area contributed by atoms with Gasteiger partial charge in [-0.3, -0.25) is 4.79 Å². The highest BCUT2D eigenvalue weighted by molar-refractivity contribution is 5.92. The zero-order valence-corrected chi connectivity index (χ0v) is 10.2. The van der Waals surface area contributed by atoms with E-state index in [0.717, 1.165) is 0 Å². The van der Waals surface area contributed by atoms with E-state index in [2.05, 4.69) is 9.84 Å². The van der Waals surface area contributed by atoms with Crippen LogP contribution in [0, 0.1) is 0 Å². The molecule has 0 saturated carbocycles. The average Bonchev–Trinajstić information content (AvgIpc) is 2.87. The maximum Gasteiger partial charge on any atom is 0.337 e. The second-order valence-electron chi connectivity index (χ2n) is 3.80. The summed E-state index contributed by atoms with van der Waals surface area (Å²) >= 11 is 0. The number of hydrogen-bond acceptors (Lipinski definition) is 5. The number of hydrogen-bond donors (Lipinski definition) is 2. The first-order valence-electron chi connectivity index (χ1n) is 5.35. The van der Waals surface area contributed by atoms with E-state index in [9.17, 15) is 9.59 Å². The number of amides is 1. The molecule has 1 aromatic carbocycles. The Balaban J connectivity index is 2.40. The molecule has 19 heavy (non-hydrogen) atoms. The predicted octanol–water partition coefficient (Wildman–Crippen LogP) is 0.340. The number of carbonyl (C=O) groups excluding carboxylic acids is 2. The van der Waals surface area contributed by atoms with Crippen molar-refractivity contribution in [3.63, 3.8) is 0 Å². The highest BCUT2D eigenvalue weighted by Crippen LogP contribution is 2.19. The van der Waals surface area contributed by atoms with Crippen molar-refractivity contribution < 1.29 is 14.3 Å². The van der Waals surface area contributed by atoms with Crippen LogP contribution in [0.1, 0.15) is 20.7 Å². The van der Waals surface area contributed by atoms with Crippen molar-refractivity contribution in [1.82, 2.24) is 9.78 Å². The normalized spacial score (nSPS) is 10.2. The number of nitrogen functional groups attached to an aromatic ring is 1. The van der Waals surface area contributed by atoms with E-state index in [4.69, 9.17) is 11.5 Å². The lowest BCUT2D eigenvalue weighted by Crippen LogP contribution is -2.09. The zero-order valence-electron chi connectivity index (χ0n) is 10.2. The molecule has 1 amide bonds. The number of aromatic nitrogens is 2. The van der Waals surface area contributed by atoms with E-state index in [0.29, 0.717) is 16.9 Å². The number of anilines is 1. The van der Waals surface area contributed by atoms with Gasteiger partial charge >= 0.3 is 5.97 Å². The Kier molecular flexibility index (Phi) is 3.19. The highest BCUT2D eigenvalue weighted by atomic mass is 16.5. The van der Waals surface area contributed by atoms with E-state index < -0.39 is 11.9 Å². The number of benzene rings is 1. The lowest BCUT2D eigenvalue weighted by molar-refractivity contribution is 0.0600. The number of esters is 1. The molecule has 1 aromatic heterocycles. The molecular weight excluding hydrogens is 248 g/mol. The molecule has 98 valence electrons. The Hall–Kier alpha value is -2.83. The van der Waals surface area contributed by atoms with E-state index in [1.54, 1.807) is 12.1 Å². The molecule has 0 atom stereocenters. The summed E-state index contributed by atoms with van der Waals surface area (Å²) in [6, 6.07) is 4.65. The number of carbonyl (C=O) groups is 2. The summed E-state index contributed by atoms with van der Waals surface area (Å²) < 4.78 is 6.01. The van der Waals surface area contributed by atoms with Gasteiger partial charge in [-0.2, -0.15) is 5.10 Å². The van der Waals surface area contributed by atoms with Crippen LogP contribution in [-0.2, 0) is 4.74 Å². The minimum atomic E-state index is -0.573. The molecule has 0 radical (unpaired) electrons. The van der Waals surface area contributed by atoms with E-state index in [-0.39, 0.29) is 5.56 Å². The molecule has 0 aliphatic heterocycles. The third kappa shape index (κ3) is 2.39. The Morgan fingerprint density at radius 1 is 1.32 bits per heavy atom. The number of nitrogens with two attached hydrogens (primary N) is 2. The van der Waals surface area contributed by atoms with Crippen molar-refractivity contribution in [1.29, 1.82) is 0 Å². The van der Waals surface area contributed by atoms with Crippen molar-refractivity contribution in [2.75, 3.05) is 12.8 Å². The van der Waals surface area contributed by atoms with E-state index in [1.807, 2.05) is 0 Å². The smallest absolute Gasteiger partial charge is 0.337 e. The van der Waals surface area contributed by atoms with Crippen molar-refractivity contribution in [3.05, 3.63) is 41.7 Å². The van der Waals surface area contributed by atoms with Crippen LogP contribution in [0.2, 0.25) is 0 Å². The van der Waals surface area contributed by atoms with Gasteiger partial charge in [0.25, 0.3) is 5.91 Å². The lowest BCUT2D eigenvalue weighted by Gasteiger charge is -2.07. The van der Waals surface area contributed by atoms with Gasteiger partial charge in [0.05, 0.1) is 35.8 Å². The number of nitrogens with zero attached hydrogens (tertiary/aromatic N) is 2. The molecule has 1 heterocycles. The standard InChI is InChI=1S/C12H12N4O3/c1-19-12(18)7-2-3-10(9(13)4-7)16-6-8(5-15-16)11(14)17/h2-6H,13H2,1H3,(H2,14,17). The molecule has 2 aromatic rings. The molecular formula is C12H12N4O3. The molecule has 0 fully saturated rings. The van der Waals surface area contributed by atoms with Crippen molar-refractivity contribution in [2.45, 2.75) is 0 Å². The SMILES string of the molecule is COC(=O)c1ccc(-n2cc(C(N)=O)cn2)c(N)c1. The molecule has 7 nitrogen and oxygen atoms in total. The average molecular weight is 260 g/mol. The van der Waals surface area contributed by atoms with Crippen LogP contribution in [0.4, 0.5) is 5.69 Å². The third-order valence-electron chi connectivity index (χ3n) is 2.56. The zero-order chi connectivity index (χ0) is 14.0. The van der Waals surface area contributed by atoms with Crippen LogP contribution >= 0.6 is 0 Å². The Morgan fingerprint density at radius 3 is 2.58 bits per heavy atom. The van der Waals surface area contributed by atoms with Crippen molar-refractivity contribution in [2.24, 2.45) is 5.73 Å². The summed E-state index contributed by atoms with van der Waals surface area (Å²) in [6.07, 6.45) is 2.81. The summed E-state index contributed by atoms with van der Waals surface area (Å²) in [6.45, 7) is 0. The second kappa shape index (κ2) is 4.81. The van der Waals surface area contributed by atoms with Gasteiger partial charge in [0.1, 0.15) is 0 Å². The first-order chi connectivity index (χ1) is 9.02. The second-order valence-corrected chi connectivity index (χ2v) is 3.80. The fourth-order valence-corrected chi connectivity index (χ4v) is 1.59. The molecule has 0 aliphatic rings. The van der Waals surface area contributed by atoms with Crippen LogP contribution < -0.4 is 11.5 Å². The molecule has 4 N–H and O–H groups in total. The third-order valence-corrected chi connectivity index (χ3v) is 2.56. The van der Waals surface area contributed by atoms with Crippen molar-refractivity contribution in [3.8, 4) is 5.69 Å². The van der Waals surface area contributed by atoms with E-state index >= 15 is 0 Å².